The molecule has 0 spiro atoms. The number of hydrogen-bond donors (Lipinski definition) is 3. The highest BCUT2D eigenvalue weighted by atomic mass is 16.1. The molecule has 0 aromatic heterocycles. The molecule has 0 aliphatic carbocycles. The average molecular weight is 234 g/mol. The van der Waals surface area contributed by atoms with Gasteiger partial charge in [-0.1, -0.05) is 12.1 Å². The molecule has 1 aromatic rings. The lowest BCUT2D eigenvalue weighted by Gasteiger charge is -2.06. The molecule has 0 aliphatic rings. The second kappa shape index (κ2) is 6.72. The van der Waals surface area contributed by atoms with Crippen LogP contribution in [0.2, 0.25) is 0 Å². The van der Waals surface area contributed by atoms with Gasteiger partial charge in [0.1, 0.15) is 0 Å². The fourth-order valence-electron chi connectivity index (χ4n) is 1.09. The molecule has 1 rings (SSSR count). The molecular weight excluding hydrogens is 224 g/mol. The first kappa shape index (κ1) is 12.4. The van der Waals surface area contributed by atoms with Gasteiger partial charge in [-0.05, 0) is 12.1 Å². The quantitative estimate of drug-likeness (QED) is 0.371. The maximum absolute atomic E-state index is 10.4. The molecule has 0 aliphatic heterocycles. The van der Waals surface area contributed by atoms with Crippen molar-refractivity contribution in [1.29, 1.82) is 0 Å². The van der Waals surface area contributed by atoms with Gasteiger partial charge in [-0.25, -0.2) is 4.99 Å². The highest BCUT2D eigenvalue weighted by Gasteiger charge is 2.01. The van der Waals surface area contributed by atoms with E-state index in [0.717, 1.165) is 0 Å². The molecule has 3 N–H and O–H groups in total. The van der Waals surface area contributed by atoms with Crippen LogP contribution in [-0.4, -0.2) is 25.2 Å². The largest absolute Gasteiger partial charge is 0.327 e. The fraction of sp³-hybridized carbons (Fsp3) is 0. The highest BCUT2D eigenvalue weighted by molar-refractivity contribution is 5.97. The molecule has 0 atom stereocenters. The Bertz CT molecular complexity index is 433. The molecule has 0 fully saturated rings. The summed E-state index contributed by atoms with van der Waals surface area (Å²) in [6.45, 7) is 0. The van der Waals surface area contributed by atoms with E-state index in [1.165, 1.54) is 0 Å². The number of para-hydroxylation sites is 2. The van der Waals surface area contributed by atoms with Crippen molar-refractivity contribution in [2.24, 2.45) is 4.99 Å². The molecule has 7 heteroatoms. The normalized spacial score (nSPS) is 8.71. The minimum atomic E-state index is -0.0323. The van der Waals surface area contributed by atoms with E-state index in [0.29, 0.717) is 30.6 Å². The topological polar surface area (TPSA) is 99.7 Å². The van der Waals surface area contributed by atoms with Gasteiger partial charge in [-0.15, -0.1) is 0 Å². The third-order valence-corrected chi connectivity index (χ3v) is 1.74. The van der Waals surface area contributed by atoms with E-state index >= 15 is 0 Å². The number of amides is 3. The van der Waals surface area contributed by atoms with Gasteiger partial charge in [-0.2, -0.15) is 0 Å². The number of aliphatic imine (C=N–C) groups is 1. The molecule has 0 bridgehead atoms. The summed E-state index contributed by atoms with van der Waals surface area (Å²) in [5.41, 5.74) is 0.860. The lowest BCUT2D eigenvalue weighted by molar-refractivity contribution is -0.109. The van der Waals surface area contributed by atoms with Gasteiger partial charge in [-0.3, -0.25) is 25.0 Å². The van der Waals surface area contributed by atoms with E-state index in [4.69, 9.17) is 0 Å². The van der Waals surface area contributed by atoms with Crippen molar-refractivity contribution in [1.82, 2.24) is 10.6 Å². The van der Waals surface area contributed by atoms with E-state index in [1.807, 2.05) is 0 Å². The molecule has 17 heavy (non-hydrogen) atoms. The van der Waals surface area contributed by atoms with Crippen molar-refractivity contribution >= 4 is 36.6 Å². The Morgan fingerprint density at radius 3 is 2.24 bits per heavy atom. The summed E-state index contributed by atoms with van der Waals surface area (Å²) in [4.78, 5) is 34.9. The maximum atomic E-state index is 10.4. The molecule has 0 unspecified atom stereocenters. The maximum Gasteiger partial charge on any atom is 0.213 e. The minimum absolute atomic E-state index is 0.0323. The van der Waals surface area contributed by atoms with E-state index in [2.05, 4.69) is 20.9 Å². The Hall–Kier alpha value is -2.70. The molecule has 7 nitrogen and oxygen atoms in total. The summed E-state index contributed by atoms with van der Waals surface area (Å²) in [7, 11) is 0. The van der Waals surface area contributed by atoms with Crippen molar-refractivity contribution in [3.8, 4) is 0 Å². The fourth-order valence-corrected chi connectivity index (χ4v) is 1.09. The van der Waals surface area contributed by atoms with Crippen molar-refractivity contribution in [3.63, 3.8) is 0 Å². The Morgan fingerprint density at radius 1 is 1.00 bits per heavy atom. The van der Waals surface area contributed by atoms with E-state index in [9.17, 15) is 14.4 Å². The predicted octanol–water partition coefficient (Wildman–Crippen LogP) is -0.266. The summed E-state index contributed by atoms with van der Waals surface area (Å²) >= 11 is 0. The monoisotopic (exact) mass is 234 g/mol. The third-order valence-electron chi connectivity index (χ3n) is 1.74. The molecule has 88 valence electrons. The van der Waals surface area contributed by atoms with E-state index in [-0.39, 0.29) is 5.96 Å². The zero-order valence-electron chi connectivity index (χ0n) is 8.71. The van der Waals surface area contributed by atoms with Crippen LogP contribution in [0.4, 0.5) is 11.4 Å². The van der Waals surface area contributed by atoms with Gasteiger partial charge in [0.2, 0.25) is 25.2 Å². The van der Waals surface area contributed by atoms with Crippen LogP contribution in [0.3, 0.4) is 0 Å². The Labute approximate surface area is 96.9 Å². The smallest absolute Gasteiger partial charge is 0.213 e. The second-order valence-electron chi connectivity index (χ2n) is 2.76. The first-order valence-electron chi connectivity index (χ1n) is 4.60. The standard InChI is InChI=1S/C10H10N4O3/c15-5-11-8-3-1-2-4-9(8)14-10(12-6-16)13-7-17/h1-7H,(H,11,15)(H2,12,13,14,16,17). The average Bonchev–Trinajstić information content (AvgIpc) is 2.33. The first-order valence-corrected chi connectivity index (χ1v) is 4.60. The van der Waals surface area contributed by atoms with Crippen molar-refractivity contribution in [3.05, 3.63) is 24.3 Å². The van der Waals surface area contributed by atoms with Crippen molar-refractivity contribution in [2.75, 3.05) is 5.32 Å². The highest BCUT2D eigenvalue weighted by Crippen LogP contribution is 2.23. The van der Waals surface area contributed by atoms with Crippen LogP contribution in [0.5, 0.6) is 0 Å². The Morgan fingerprint density at radius 2 is 1.65 bits per heavy atom. The van der Waals surface area contributed by atoms with Gasteiger partial charge in [0.15, 0.2) is 0 Å². The zero-order valence-corrected chi connectivity index (χ0v) is 8.71. The number of guanidine groups is 1. The lowest BCUT2D eigenvalue weighted by atomic mass is 10.3. The number of carbonyl (C=O) groups is 3. The number of nitrogens with one attached hydrogen (secondary N) is 3. The lowest BCUT2D eigenvalue weighted by Crippen LogP contribution is -2.35. The number of rotatable bonds is 5. The minimum Gasteiger partial charge on any atom is -0.327 e. The predicted molar refractivity (Wildman–Crippen MR) is 61.6 cm³/mol. The van der Waals surface area contributed by atoms with Crippen LogP contribution in [0, 0.1) is 0 Å². The number of anilines is 1. The Kier molecular flexibility index (Phi) is 4.89. The summed E-state index contributed by atoms with van der Waals surface area (Å²) in [6, 6.07) is 6.66. The molecular formula is C10H10N4O3. The van der Waals surface area contributed by atoms with Crippen LogP contribution in [0.25, 0.3) is 0 Å². The van der Waals surface area contributed by atoms with Crippen LogP contribution in [0.1, 0.15) is 0 Å². The second-order valence-corrected chi connectivity index (χ2v) is 2.76. The SMILES string of the molecule is O=CNC(=Nc1ccccc1NC=O)NC=O. The Balaban J connectivity index is 3.03. The van der Waals surface area contributed by atoms with Gasteiger partial charge >= 0.3 is 0 Å². The van der Waals surface area contributed by atoms with E-state index in [1.54, 1.807) is 24.3 Å². The van der Waals surface area contributed by atoms with Gasteiger partial charge in [0.25, 0.3) is 0 Å². The molecule has 0 saturated heterocycles. The zero-order chi connectivity index (χ0) is 12.5. The third kappa shape index (κ3) is 3.74. The van der Waals surface area contributed by atoms with Crippen LogP contribution in [0.15, 0.2) is 29.3 Å². The number of benzene rings is 1. The van der Waals surface area contributed by atoms with Gasteiger partial charge in [0.05, 0.1) is 11.4 Å². The number of nitrogens with zero attached hydrogens (tertiary/aromatic N) is 1. The van der Waals surface area contributed by atoms with E-state index < -0.39 is 0 Å². The molecule has 3 amide bonds. The van der Waals surface area contributed by atoms with Crippen LogP contribution >= 0.6 is 0 Å². The van der Waals surface area contributed by atoms with Crippen molar-refractivity contribution < 1.29 is 14.4 Å². The first-order chi connectivity index (χ1) is 8.31. The summed E-state index contributed by atoms with van der Waals surface area (Å²) in [5, 5.41) is 6.87. The van der Waals surface area contributed by atoms with Gasteiger partial charge in [0, 0.05) is 0 Å². The summed E-state index contributed by atoms with van der Waals surface area (Å²) < 4.78 is 0. The van der Waals surface area contributed by atoms with Crippen LogP contribution in [-0.2, 0) is 14.4 Å². The molecule has 0 heterocycles. The molecule has 0 saturated carbocycles. The van der Waals surface area contributed by atoms with Crippen molar-refractivity contribution in [2.45, 2.75) is 0 Å². The summed E-state index contributed by atoms with van der Waals surface area (Å²) in [6.07, 6.45) is 1.27. The molecule has 1 aromatic carbocycles. The van der Waals surface area contributed by atoms with Gasteiger partial charge < -0.3 is 5.32 Å². The molecule has 0 radical (unpaired) electrons. The number of hydrogen-bond acceptors (Lipinski definition) is 4. The number of carbonyl (C=O) groups excluding carboxylic acids is 3. The van der Waals surface area contributed by atoms with Crippen LogP contribution < -0.4 is 16.0 Å². The summed E-state index contributed by atoms with van der Waals surface area (Å²) in [5.74, 6) is -0.0323.